The molecule has 4 nitrogen and oxygen atoms in total. The molecule has 0 atom stereocenters. The third-order valence-corrected chi connectivity index (χ3v) is 3.29. The summed E-state index contributed by atoms with van der Waals surface area (Å²) in [6.45, 7) is 3.86. The number of halogens is 1. The Morgan fingerprint density at radius 1 is 1.13 bits per heavy atom. The van der Waals surface area contributed by atoms with E-state index in [1.807, 2.05) is 0 Å². The number of carbonyl (C=O) groups is 2. The molecule has 0 aliphatic carbocycles. The Balaban J connectivity index is 2.03. The lowest BCUT2D eigenvalue weighted by Gasteiger charge is -2.10. The van der Waals surface area contributed by atoms with Gasteiger partial charge in [-0.3, -0.25) is 4.79 Å². The summed E-state index contributed by atoms with van der Waals surface area (Å²) in [5.41, 5.74) is 2.57. The van der Waals surface area contributed by atoms with Gasteiger partial charge in [-0.2, -0.15) is 0 Å². The lowest BCUT2D eigenvalue weighted by molar-refractivity contribution is -0.115. The summed E-state index contributed by atoms with van der Waals surface area (Å²) >= 11 is 0. The average Bonchev–Trinajstić information content (AvgIpc) is 2.52. The summed E-state index contributed by atoms with van der Waals surface area (Å²) in [5.74, 6) is -0.928. The molecule has 5 heteroatoms. The molecule has 0 radical (unpaired) electrons. The van der Waals surface area contributed by atoms with Gasteiger partial charge in [0.1, 0.15) is 5.82 Å². The van der Waals surface area contributed by atoms with Gasteiger partial charge in [0.05, 0.1) is 18.6 Å². The average molecular weight is 315 g/mol. The molecule has 0 unspecified atom stereocenters. The second kappa shape index (κ2) is 7.54. The highest BCUT2D eigenvalue weighted by molar-refractivity contribution is 5.95. The minimum absolute atomic E-state index is 0.152. The normalized spacial score (nSPS) is 10.2. The lowest BCUT2D eigenvalue weighted by atomic mass is 10.1. The predicted octanol–water partition coefficient (Wildman–Crippen LogP) is 3.49. The molecule has 2 aromatic carbocycles. The van der Waals surface area contributed by atoms with Gasteiger partial charge in [0.25, 0.3) is 0 Å². The monoisotopic (exact) mass is 315 g/mol. The van der Waals surface area contributed by atoms with E-state index in [0.29, 0.717) is 17.9 Å². The molecule has 2 aromatic rings. The highest BCUT2D eigenvalue weighted by Gasteiger charge is 2.10. The zero-order chi connectivity index (χ0) is 16.8. The standard InChI is InChI=1S/C18H18FNO3/c1-3-23-18(22)14-6-9-16(12(2)10-14)20-17(21)11-13-4-7-15(19)8-5-13/h4-10H,3,11H2,1-2H3,(H,20,21). The molecule has 1 amide bonds. The first kappa shape index (κ1) is 16.7. The molecule has 0 aliphatic rings. The van der Waals surface area contributed by atoms with Crippen LogP contribution in [0.25, 0.3) is 0 Å². The fourth-order valence-electron chi connectivity index (χ4n) is 2.13. The molecular weight excluding hydrogens is 297 g/mol. The zero-order valence-corrected chi connectivity index (χ0v) is 13.1. The maximum absolute atomic E-state index is 12.8. The van der Waals surface area contributed by atoms with Crippen LogP contribution in [0.2, 0.25) is 0 Å². The van der Waals surface area contributed by atoms with E-state index in [-0.39, 0.29) is 24.1 Å². The Morgan fingerprint density at radius 3 is 2.43 bits per heavy atom. The molecule has 1 N–H and O–H groups in total. The van der Waals surface area contributed by atoms with Crippen molar-refractivity contribution in [3.8, 4) is 0 Å². The van der Waals surface area contributed by atoms with E-state index in [4.69, 9.17) is 4.74 Å². The third kappa shape index (κ3) is 4.64. The molecule has 0 heterocycles. The number of amides is 1. The number of nitrogens with one attached hydrogen (secondary N) is 1. The molecule has 120 valence electrons. The number of benzene rings is 2. The predicted molar refractivity (Wildman–Crippen MR) is 85.9 cm³/mol. The first-order chi connectivity index (χ1) is 11.0. The number of hydrogen-bond acceptors (Lipinski definition) is 3. The van der Waals surface area contributed by atoms with Crippen molar-refractivity contribution in [1.29, 1.82) is 0 Å². The van der Waals surface area contributed by atoms with Gasteiger partial charge < -0.3 is 10.1 Å². The van der Waals surface area contributed by atoms with Crippen LogP contribution in [0.4, 0.5) is 10.1 Å². The van der Waals surface area contributed by atoms with Crippen molar-refractivity contribution in [2.24, 2.45) is 0 Å². The molecule has 2 rings (SSSR count). The first-order valence-corrected chi connectivity index (χ1v) is 7.31. The Hall–Kier alpha value is -2.69. The van der Waals surface area contributed by atoms with Gasteiger partial charge >= 0.3 is 5.97 Å². The molecule has 0 fully saturated rings. The minimum atomic E-state index is -0.389. The van der Waals surface area contributed by atoms with Crippen LogP contribution < -0.4 is 5.32 Å². The lowest BCUT2D eigenvalue weighted by Crippen LogP contribution is -2.15. The highest BCUT2D eigenvalue weighted by atomic mass is 19.1. The summed E-state index contributed by atoms with van der Waals surface area (Å²) in [7, 11) is 0. The molecular formula is C18H18FNO3. The van der Waals surface area contributed by atoms with Gasteiger partial charge in [0.15, 0.2) is 0 Å². The van der Waals surface area contributed by atoms with Gasteiger partial charge in [0, 0.05) is 5.69 Å². The van der Waals surface area contributed by atoms with Crippen LogP contribution >= 0.6 is 0 Å². The number of aryl methyl sites for hydroxylation is 1. The van der Waals surface area contributed by atoms with E-state index >= 15 is 0 Å². The van der Waals surface area contributed by atoms with Crippen molar-refractivity contribution >= 4 is 17.6 Å². The maximum Gasteiger partial charge on any atom is 0.338 e. The zero-order valence-electron chi connectivity index (χ0n) is 13.1. The molecule has 0 saturated heterocycles. The second-order valence-corrected chi connectivity index (χ2v) is 5.10. The van der Waals surface area contributed by atoms with Gasteiger partial charge in [-0.05, 0) is 55.3 Å². The van der Waals surface area contributed by atoms with E-state index in [2.05, 4.69) is 5.32 Å². The number of ether oxygens (including phenoxy) is 1. The first-order valence-electron chi connectivity index (χ1n) is 7.31. The van der Waals surface area contributed by atoms with Crippen LogP contribution in [0.15, 0.2) is 42.5 Å². The Labute approximate surface area is 134 Å². The van der Waals surface area contributed by atoms with E-state index in [1.165, 1.54) is 12.1 Å². The van der Waals surface area contributed by atoms with Gasteiger partial charge in [0.2, 0.25) is 5.91 Å². The van der Waals surface area contributed by atoms with Crippen LogP contribution in [0.3, 0.4) is 0 Å². The molecule has 0 bridgehead atoms. The summed E-state index contributed by atoms with van der Waals surface area (Å²) in [4.78, 5) is 23.7. The largest absolute Gasteiger partial charge is 0.462 e. The summed E-state index contributed by atoms with van der Waals surface area (Å²) in [5, 5.41) is 2.79. The highest BCUT2D eigenvalue weighted by Crippen LogP contribution is 2.18. The maximum atomic E-state index is 12.8. The van der Waals surface area contributed by atoms with E-state index in [9.17, 15) is 14.0 Å². The third-order valence-electron chi connectivity index (χ3n) is 3.29. The van der Waals surface area contributed by atoms with Gasteiger partial charge in [-0.15, -0.1) is 0 Å². The van der Waals surface area contributed by atoms with Crippen molar-refractivity contribution < 1.29 is 18.7 Å². The minimum Gasteiger partial charge on any atom is -0.462 e. The van der Waals surface area contributed by atoms with Crippen LogP contribution in [-0.2, 0) is 16.0 Å². The SMILES string of the molecule is CCOC(=O)c1ccc(NC(=O)Cc2ccc(F)cc2)c(C)c1. The second-order valence-electron chi connectivity index (χ2n) is 5.10. The number of anilines is 1. The van der Waals surface area contributed by atoms with Crippen molar-refractivity contribution in [3.63, 3.8) is 0 Å². The van der Waals surface area contributed by atoms with Crippen LogP contribution in [0, 0.1) is 12.7 Å². The summed E-state index contributed by atoms with van der Waals surface area (Å²) < 4.78 is 17.8. The number of rotatable bonds is 5. The molecule has 0 saturated carbocycles. The van der Waals surface area contributed by atoms with Crippen molar-refractivity contribution in [2.45, 2.75) is 20.3 Å². The van der Waals surface area contributed by atoms with Crippen LogP contribution in [0.1, 0.15) is 28.4 Å². The van der Waals surface area contributed by atoms with Gasteiger partial charge in [-0.25, -0.2) is 9.18 Å². The smallest absolute Gasteiger partial charge is 0.338 e. The Morgan fingerprint density at radius 2 is 1.83 bits per heavy atom. The van der Waals surface area contributed by atoms with Crippen molar-refractivity contribution in [2.75, 3.05) is 11.9 Å². The van der Waals surface area contributed by atoms with Crippen LogP contribution in [0.5, 0.6) is 0 Å². The molecule has 0 aromatic heterocycles. The van der Waals surface area contributed by atoms with E-state index in [0.717, 1.165) is 11.1 Å². The number of esters is 1. The summed E-state index contributed by atoms with van der Waals surface area (Å²) in [6, 6.07) is 10.7. The molecule has 23 heavy (non-hydrogen) atoms. The fourth-order valence-corrected chi connectivity index (χ4v) is 2.13. The van der Waals surface area contributed by atoms with E-state index in [1.54, 1.807) is 44.2 Å². The van der Waals surface area contributed by atoms with Gasteiger partial charge in [-0.1, -0.05) is 12.1 Å². The Bertz CT molecular complexity index is 711. The number of carbonyl (C=O) groups excluding carboxylic acids is 2. The Kier molecular flexibility index (Phi) is 5.46. The van der Waals surface area contributed by atoms with Crippen molar-refractivity contribution in [3.05, 3.63) is 65.0 Å². The number of hydrogen-bond donors (Lipinski definition) is 1. The molecule has 0 aliphatic heterocycles. The quantitative estimate of drug-likeness (QED) is 0.859. The van der Waals surface area contributed by atoms with E-state index < -0.39 is 0 Å². The fraction of sp³-hybridized carbons (Fsp3) is 0.222. The molecule has 0 spiro atoms. The summed E-state index contributed by atoms with van der Waals surface area (Å²) in [6.07, 6.45) is 0.152. The van der Waals surface area contributed by atoms with Crippen LogP contribution in [-0.4, -0.2) is 18.5 Å². The topological polar surface area (TPSA) is 55.4 Å². The van der Waals surface area contributed by atoms with Crippen molar-refractivity contribution in [1.82, 2.24) is 0 Å².